The molecule has 0 spiro atoms. The lowest BCUT2D eigenvalue weighted by molar-refractivity contribution is -0.116. The zero-order valence-electron chi connectivity index (χ0n) is 16.8. The number of ether oxygens (including phenoxy) is 2. The molecule has 0 bridgehead atoms. The molecule has 4 heteroatoms. The Labute approximate surface area is 172 Å². The van der Waals surface area contributed by atoms with Gasteiger partial charge in [0, 0.05) is 12.1 Å². The third-order valence-electron chi connectivity index (χ3n) is 4.53. The van der Waals surface area contributed by atoms with E-state index in [9.17, 15) is 4.79 Å². The highest BCUT2D eigenvalue weighted by atomic mass is 16.5. The summed E-state index contributed by atoms with van der Waals surface area (Å²) in [5.74, 6) is 1.59. The van der Waals surface area contributed by atoms with Gasteiger partial charge in [-0.05, 0) is 60.4 Å². The van der Waals surface area contributed by atoms with Crippen LogP contribution in [0.25, 0.3) is 0 Å². The third kappa shape index (κ3) is 7.00. The van der Waals surface area contributed by atoms with Crippen LogP contribution in [-0.4, -0.2) is 12.5 Å². The number of amides is 1. The van der Waals surface area contributed by atoms with E-state index in [1.165, 1.54) is 5.56 Å². The fourth-order valence-electron chi connectivity index (χ4n) is 2.84. The van der Waals surface area contributed by atoms with Crippen LogP contribution in [-0.2, 0) is 17.8 Å². The highest BCUT2D eigenvalue weighted by Gasteiger charge is 2.04. The highest BCUT2D eigenvalue weighted by Crippen LogP contribution is 2.18. The molecule has 0 radical (unpaired) electrons. The molecule has 3 aromatic carbocycles. The van der Waals surface area contributed by atoms with Crippen molar-refractivity contribution in [2.75, 3.05) is 11.9 Å². The summed E-state index contributed by atoms with van der Waals surface area (Å²) in [6.07, 6.45) is 2.10. The lowest BCUT2D eigenvalue weighted by Gasteiger charge is -2.09. The molecule has 0 fully saturated rings. The summed E-state index contributed by atoms with van der Waals surface area (Å²) in [5.41, 5.74) is 3.17. The number of nitrogens with one attached hydrogen (secondary N) is 1. The average molecular weight is 389 g/mol. The summed E-state index contributed by atoms with van der Waals surface area (Å²) >= 11 is 0. The number of anilines is 1. The smallest absolute Gasteiger partial charge is 0.224 e. The zero-order valence-corrected chi connectivity index (χ0v) is 16.8. The molecule has 0 atom stereocenters. The summed E-state index contributed by atoms with van der Waals surface area (Å²) in [6.45, 7) is 3.17. The maximum Gasteiger partial charge on any atom is 0.224 e. The van der Waals surface area contributed by atoms with Crippen molar-refractivity contribution < 1.29 is 14.3 Å². The summed E-state index contributed by atoms with van der Waals surface area (Å²) in [7, 11) is 0. The zero-order chi connectivity index (χ0) is 20.3. The van der Waals surface area contributed by atoms with Gasteiger partial charge in [-0.1, -0.05) is 49.4 Å². The standard InChI is InChI=1S/C25H27NO3/c1-2-20-10-14-23(15-11-20)28-18-6-9-25(27)26-22-12-16-24(17-13-22)29-19-21-7-4-3-5-8-21/h3-5,7-8,10-17H,2,6,9,18-19H2,1H3,(H,26,27). The summed E-state index contributed by atoms with van der Waals surface area (Å²) in [6, 6.07) is 25.5. The normalized spacial score (nSPS) is 10.4. The summed E-state index contributed by atoms with van der Waals surface area (Å²) in [5, 5.41) is 2.91. The molecule has 29 heavy (non-hydrogen) atoms. The molecule has 1 N–H and O–H groups in total. The SMILES string of the molecule is CCc1ccc(OCCCC(=O)Nc2ccc(OCc3ccccc3)cc2)cc1. The van der Waals surface area contributed by atoms with E-state index in [1.54, 1.807) is 0 Å². The first-order valence-electron chi connectivity index (χ1n) is 10.0. The quantitative estimate of drug-likeness (QED) is 0.457. The molecule has 3 aromatic rings. The predicted molar refractivity (Wildman–Crippen MR) is 116 cm³/mol. The molecule has 0 aromatic heterocycles. The van der Waals surface area contributed by atoms with Crippen molar-refractivity contribution >= 4 is 11.6 Å². The molecule has 0 aliphatic carbocycles. The minimum Gasteiger partial charge on any atom is -0.494 e. The van der Waals surface area contributed by atoms with Crippen LogP contribution >= 0.6 is 0 Å². The average Bonchev–Trinajstić information content (AvgIpc) is 2.77. The van der Waals surface area contributed by atoms with Crippen LogP contribution in [0.2, 0.25) is 0 Å². The van der Waals surface area contributed by atoms with E-state index in [2.05, 4.69) is 24.4 Å². The Balaban J connectivity index is 1.35. The largest absolute Gasteiger partial charge is 0.494 e. The fraction of sp³-hybridized carbons (Fsp3) is 0.240. The van der Waals surface area contributed by atoms with Gasteiger partial charge in [0.1, 0.15) is 18.1 Å². The van der Waals surface area contributed by atoms with Crippen molar-refractivity contribution in [3.8, 4) is 11.5 Å². The van der Waals surface area contributed by atoms with E-state index in [-0.39, 0.29) is 5.91 Å². The Bertz CT molecular complexity index is 874. The van der Waals surface area contributed by atoms with Gasteiger partial charge in [0.15, 0.2) is 0 Å². The van der Waals surface area contributed by atoms with Crippen LogP contribution < -0.4 is 14.8 Å². The Morgan fingerprint density at radius 1 is 0.793 bits per heavy atom. The van der Waals surface area contributed by atoms with Crippen molar-refractivity contribution in [2.45, 2.75) is 32.8 Å². The predicted octanol–water partition coefficient (Wildman–Crippen LogP) is 5.63. The number of aryl methyl sites for hydroxylation is 1. The van der Waals surface area contributed by atoms with Crippen LogP contribution in [0.15, 0.2) is 78.9 Å². The molecule has 0 saturated carbocycles. The Morgan fingerprint density at radius 3 is 2.14 bits per heavy atom. The van der Waals surface area contributed by atoms with E-state index in [0.29, 0.717) is 26.1 Å². The van der Waals surface area contributed by atoms with Crippen molar-refractivity contribution in [1.82, 2.24) is 0 Å². The lowest BCUT2D eigenvalue weighted by Crippen LogP contribution is -2.12. The van der Waals surface area contributed by atoms with E-state index >= 15 is 0 Å². The molecule has 0 heterocycles. The first-order chi connectivity index (χ1) is 14.2. The van der Waals surface area contributed by atoms with Crippen molar-refractivity contribution in [3.63, 3.8) is 0 Å². The first-order valence-corrected chi connectivity index (χ1v) is 10.0. The topological polar surface area (TPSA) is 47.6 Å². The molecule has 4 nitrogen and oxygen atoms in total. The third-order valence-corrected chi connectivity index (χ3v) is 4.53. The van der Waals surface area contributed by atoms with Gasteiger partial charge in [0.05, 0.1) is 6.61 Å². The van der Waals surface area contributed by atoms with Crippen LogP contribution in [0.3, 0.4) is 0 Å². The van der Waals surface area contributed by atoms with Gasteiger partial charge in [0.25, 0.3) is 0 Å². The molecule has 0 aliphatic heterocycles. The summed E-state index contributed by atoms with van der Waals surface area (Å²) in [4.78, 5) is 12.1. The van der Waals surface area contributed by atoms with Gasteiger partial charge < -0.3 is 14.8 Å². The minimum atomic E-state index is -0.0205. The van der Waals surface area contributed by atoms with Crippen LogP contribution in [0.5, 0.6) is 11.5 Å². The second-order valence-corrected chi connectivity index (χ2v) is 6.80. The van der Waals surface area contributed by atoms with Gasteiger partial charge in [0.2, 0.25) is 5.91 Å². The first kappa shape index (κ1) is 20.5. The molecular weight excluding hydrogens is 362 g/mol. The highest BCUT2D eigenvalue weighted by molar-refractivity contribution is 5.90. The molecule has 150 valence electrons. The Morgan fingerprint density at radius 2 is 1.45 bits per heavy atom. The number of rotatable bonds is 10. The monoisotopic (exact) mass is 389 g/mol. The van der Waals surface area contributed by atoms with Gasteiger partial charge in [-0.2, -0.15) is 0 Å². The van der Waals surface area contributed by atoms with Gasteiger partial charge in [-0.3, -0.25) is 4.79 Å². The number of hydrogen-bond donors (Lipinski definition) is 1. The van der Waals surface area contributed by atoms with Gasteiger partial charge in [-0.25, -0.2) is 0 Å². The minimum absolute atomic E-state index is 0.0205. The molecular formula is C25H27NO3. The second kappa shape index (κ2) is 10.9. The van der Waals surface area contributed by atoms with Crippen molar-refractivity contribution in [2.24, 2.45) is 0 Å². The number of hydrogen-bond acceptors (Lipinski definition) is 3. The number of carbonyl (C=O) groups excluding carboxylic acids is 1. The molecule has 0 aliphatic rings. The fourth-order valence-corrected chi connectivity index (χ4v) is 2.84. The van der Waals surface area contributed by atoms with Gasteiger partial charge in [-0.15, -0.1) is 0 Å². The molecule has 1 amide bonds. The molecule has 3 rings (SSSR count). The van der Waals surface area contributed by atoms with E-state index in [1.807, 2.05) is 66.7 Å². The van der Waals surface area contributed by atoms with Crippen molar-refractivity contribution in [1.29, 1.82) is 0 Å². The van der Waals surface area contributed by atoms with E-state index in [0.717, 1.165) is 29.2 Å². The van der Waals surface area contributed by atoms with E-state index in [4.69, 9.17) is 9.47 Å². The second-order valence-electron chi connectivity index (χ2n) is 6.80. The maximum atomic E-state index is 12.1. The van der Waals surface area contributed by atoms with Crippen molar-refractivity contribution in [3.05, 3.63) is 90.0 Å². The van der Waals surface area contributed by atoms with Crippen LogP contribution in [0, 0.1) is 0 Å². The van der Waals surface area contributed by atoms with E-state index < -0.39 is 0 Å². The maximum absolute atomic E-state index is 12.1. The Hall–Kier alpha value is -3.27. The number of carbonyl (C=O) groups is 1. The van der Waals surface area contributed by atoms with Gasteiger partial charge >= 0.3 is 0 Å². The number of benzene rings is 3. The van der Waals surface area contributed by atoms with Crippen LogP contribution in [0.1, 0.15) is 30.9 Å². The lowest BCUT2D eigenvalue weighted by atomic mass is 10.2. The molecule has 0 saturated heterocycles. The molecule has 0 unspecified atom stereocenters. The summed E-state index contributed by atoms with van der Waals surface area (Å²) < 4.78 is 11.4. The van der Waals surface area contributed by atoms with Crippen LogP contribution in [0.4, 0.5) is 5.69 Å². The Kier molecular flexibility index (Phi) is 7.70.